The van der Waals surface area contributed by atoms with Gasteiger partial charge in [0.2, 0.25) is 0 Å². The molecule has 0 radical (unpaired) electrons. The van der Waals surface area contributed by atoms with Crippen molar-refractivity contribution in [1.82, 2.24) is 10.5 Å². The van der Waals surface area contributed by atoms with Crippen molar-refractivity contribution in [2.75, 3.05) is 13.7 Å². The molecule has 1 amide bonds. The van der Waals surface area contributed by atoms with Crippen LogP contribution < -0.4 is 14.8 Å². The molecule has 0 saturated heterocycles. The van der Waals surface area contributed by atoms with Gasteiger partial charge in [0.15, 0.2) is 11.5 Å². The topological polar surface area (TPSA) is 73.6 Å². The lowest BCUT2D eigenvalue weighted by Crippen LogP contribution is -2.23. The molecule has 29 heavy (non-hydrogen) atoms. The Morgan fingerprint density at radius 2 is 1.90 bits per heavy atom. The fourth-order valence-corrected chi connectivity index (χ4v) is 3.48. The molecule has 3 rings (SSSR count). The number of benzene rings is 2. The highest BCUT2D eigenvalue weighted by molar-refractivity contribution is 6.39. The number of carbonyl (C=O) groups excluding carboxylic acids is 1. The molecule has 8 heteroatoms. The Bertz CT molecular complexity index is 1010. The molecule has 1 N–H and O–H groups in total. The number of halogens is 2. The largest absolute Gasteiger partial charge is 0.493 e. The summed E-state index contributed by atoms with van der Waals surface area (Å²) in [6.45, 7) is 4.38. The van der Waals surface area contributed by atoms with Crippen molar-refractivity contribution in [2.24, 2.45) is 0 Å². The molecule has 3 aromatic rings. The number of aryl methyl sites for hydroxylation is 1. The first-order valence-electron chi connectivity index (χ1n) is 8.94. The molecule has 2 aromatic carbocycles. The van der Waals surface area contributed by atoms with Crippen LogP contribution in [0.5, 0.6) is 11.5 Å². The van der Waals surface area contributed by atoms with E-state index in [1.54, 1.807) is 32.2 Å². The van der Waals surface area contributed by atoms with Crippen molar-refractivity contribution in [1.29, 1.82) is 0 Å². The molecular formula is C21H20Cl2N2O4. The molecule has 1 aromatic heterocycles. The molecule has 1 heterocycles. The van der Waals surface area contributed by atoms with Crippen LogP contribution in [0.25, 0.3) is 11.3 Å². The zero-order valence-electron chi connectivity index (χ0n) is 16.2. The molecule has 0 aliphatic carbocycles. The van der Waals surface area contributed by atoms with Crippen molar-refractivity contribution < 1.29 is 18.8 Å². The minimum Gasteiger partial charge on any atom is -0.493 e. The highest BCUT2D eigenvalue weighted by Gasteiger charge is 2.24. The van der Waals surface area contributed by atoms with Crippen molar-refractivity contribution in [3.05, 3.63) is 63.3 Å². The molecule has 0 spiro atoms. The van der Waals surface area contributed by atoms with E-state index in [1.165, 1.54) is 0 Å². The molecule has 0 unspecified atom stereocenters. The van der Waals surface area contributed by atoms with Crippen LogP contribution in [0.1, 0.15) is 28.6 Å². The van der Waals surface area contributed by atoms with Gasteiger partial charge in [0.1, 0.15) is 17.0 Å². The summed E-state index contributed by atoms with van der Waals surface area (Å²) in [4.78, 5) is 12.9. The SMILES string of the molecule is CCOc1ccc(CNC(=O)c2c(-c3c(Cl)cccc3Cl)noc2C)cc1OC. The van der Waals surface area contributed by atoms with E-state index >= 15 is 0 Å². The summed E-state index contributed by atoms with van der Waals surface area (Å²) in [6.07, 6.45) is 0. The van der Waals surface area contributed by atoms with Gasteiger partial charge in [-0.15, -0.1) is 0 Å². The monoisotopic (exact) mass is 434 g/mol. The molecular weight excluding hydrogens is 415 g/mol. The number of methoxy groups -OCH3 is 1. The van der Waals surface area contributed by atoms with E-state index in [0.717, 1.165) is 5.56 Å². The average Bonchev–Trinajstić information content (AvgIpc) is 3.08. The summed E-state index contributed by atoms with van der Waals surface area (Å²) < 4.78 is 16.1. The van der Waals surface area contributed by atoms with Gasteiger partial charge in [-0.2, -0.15) is 0 Å². The fraction of sp³-hybridized carbons (Fsp3) is 0.238. The Hall–Kier alpha value is -2.70. The molecule has 0 atom stereocenters. The summed E-state index contributed by atoms with van der Waals surface area (Å²) >= 11 is 12.5. The molecule has 0 saturated carbocycles. The summed E-state index contributed by atoms with van der Waals surface area (Å²) in [5.41, 5.74) is 1.91. The third kappa shape index (κ3) is 4.49. The van der Waals surface area contributed by atoms with E-state index in [9.17, 15) is 4.79 Å². The number of nitrogens with zero attached hydrogens (tertiary/aromatic N) is 1. The maximum atomic E-state index is 12.9. The zero-order chi connectivity index (χ0) is 21.0. The second-order valence-corrected chi connectivity index (χ2v) is 6.97. The second kappa shape index (κ2) is 9.20. The number of carbonyl (C=O) groups is 1. The van der Waals surface area contributed by atoms with Gasteiger partial charge in [-0.1, -0.05) is 40.5 Å². The highest BCUT2D eigenvalue weighted by Crippen LogP contribution is 2.36. The van der Waals surface area contributed by atoms with E-state index in [1.807, 2.05) is 25.1 Å². The molecule has 152 valence electrons. The summed E-state index contributed by atoms with van der Waals surface area (Å²) in [7, 11) is 1.57. The van der Waals surface area contributed by atoms with Gasteiger partial charge in [0.05, 0.1) is 23.8 Å². The summed E-state index contributed by atoms with van der Waals surface area (Å²) in [5.74, 6) is 1.28. The van der Waals surface area contributed by atoms with Crippen LogP contribution >= 0.6 is 23.2 Å². The number of nitrogens with one attached hydrogen (secondary N) is 1. The van der Waals surface area contributed by atoms with Crippen LogP contribution in [0.3, 0.4) is 0 Å². The number of amides is 1. The maximum absolute atomic E-state index is 12.9. The minimum atomic E-state index is -0.345. The minimum absolute atomic E-state index is 0.280. The lowest BCUT2D eigenvalue weighted by Gasteiger charge is -2.12. The third-order valence-corrected chi connectivity index (χ3v) is 4.90. The highest BCUT2D eigenvalue weighted by atomic mass is 35.5. The molecule has 0 aliphatic rings. The van der Waals surface area contributed by atoms with Crippen LogP contribution in [-0.4, -0.2) is 24.8 Å². The number of ether oxygens (including phenoxy) is 2. The van der Waals surface area contributed by atoms with Crippen LogP contribution in [0.15, 0.2) is 40.9 Å². The van der Waals surface area contributed by atoms with Crippen molar-refractivity contribution in [3.8, 4) is 22.8 Å². The van der Waals surface area contributed by atoms with Crippen LogP contribution in [-0.2, 0) is 6.54 Å². The fourth-order valence-electron chi connectivity index (χ4n) is 2.90. The molecule has 0 bridgehead atoms. The summed E-state index contributed by atoms with van der Waals surface area (Å²) in [5, 5.41) is 7.65. The Morgan fingerprint density at radius 3 is 2.55 bits per heavy atom. The van der Waals surface area contributed by atoms with Gasteiger partial charge in [-0.25, -0.2) is 0 Å². The van der Waals surface area contributed by atoms with E-state index < -0.39 is 0 Å². The third-order valence-electron chi connectivity index (χ3n) is 4.27. The van der Waals surface area contributed by atoms with E-state index in [0.29, 0.717) is 45.2 Å². The number of rotatable bonds is 7. The Morgan fingerprint density at radius 1 is 1.17 bits per heavy atom. The quantitative estimate of drug-likeness (QED) is 0.546. The second-order valence-electron chi connectivity index (χ2n) is 6.16. The molecule has 6 nitrogen and oxygen atoms in total. The van der Waals surface area contributed by atoms with Gasteiger partial charge in [-0.05, 0) is 43.7 Å². The zero-order valence-corrected chi connectivity index (χ0v) is 17.7. The van der Waals surface area contributed by atoms with Gasteiger partial charge in [0, 0.05) is 12.1 Å². The number of hydrogen-bond acceptors (Lipinski definition) is 5. The van der Waals surface area contributed by atoms with Gasteiger partial charge in [-0.3, -0.25) is 4.79 Å². The standard InChI is InChI=1S/C21H20Cl2N2O4/c1-4-28-16-9-8-13(10-17(16)27-3)11-24-21(26)18-12(2)29-25-20(18)19-14(22)6-5-7-15(19)23/h5-10H,4,11H2,1-3H3,(H,24,26). The first-order valence-corrected chi connectivity index (χ1v) is 9.70. The van der Waals surface area contributed by atoms with E-state index in [2.05, 4.69) is 10.5 Å². The predicted molar refractivity (Wildman–Crippen MR) is 112 cm³/mol. The lowest BCUT2D eigenvalue weighted by atomic mass is 10.1. The van der Waals surface area contributed by atoms with Gasteiger partial charge >= 0.3 is 0 Å². The smallest absolute Gasteiger partial charge is 0.257 e. The molecule has 0 fully saturated rings. The van der Waals surface area contributed by atoms with Crippen molar-refractivity contribution in [2.45, 2.75) is 20.4 Å². The van der Waals surface area contributed by atoms with Crippen molar-refractivity contribution >= 4 is 29.1 Å². The van der Waals surface area contributed by atoms with Crippen molar-refractivity contribution in [3.63, 3.8) is 0 Å². The first-order chi connectivity index (χ1) is 14.0. The first kappa shape index (κ1) is 21.0. The van der Waals surface area contributed by atoms with E-state index in [-0.39, 0.29) is 18.0 Å². The maximum Gasteiger partial charge on any atom is 0.257 e. The predicted octanol–water partition coefficient (Wildman–Crippen LogP) is 5.29. The Kier molecular flexibility index (Phi) is 6.67. The van der Waals surface area contributed by atoms with Crippen LogP contribution in [0.2, 0.25) is 10.0 Å². The number of aromatic nitrogens is 1. The average molecular weight is 435 g/mol. The van der Waals surface area contributed by atoms with Crippen LogP contribution in [0, 0.1) is 6.92 Å². The molecule has 0 aliphatic heterocycles. The Balaban J connectivity index is 1.83. The van der Waals surface area contributed by atoms with Gasteiger partial charge in [0.25, 0.3) is 5.91 Å². The van der Waals surface area contributed by atoms with E-state index in [4.69, 9.17) is 37.2 Å². The lowest BCUT2D eigenvalue weighted by molar-refractivity contribution is 0.0950. The summed E-state index contributed by atoms with van der Waals surface area (Å²) in [6, 6.07) is 10.6. The van der Waals surface area contributed by atoms with Crippen LogP contribution in [0.4, 0.5) is 0 Å². The normalized spacial score (nSPS) is 10.7. The Labute approximate surface area is 178 Å². The number of hydrogen-bond donors (Lipinski definition) is 1. The van der Waals surface area contributed by atoms with Gasteiger partial charge < -0.3 is 19.3 Å².